The summed E-state index contributed by atoms with van der Waals surface area (Å²) in [7, 11) is 1.69. The Morgan fingerprint density at radius 1 is 0.852 bits per heavy atom. The van der Waals surface area contributed by atoms with Gasteiger partial charge >= 0.3 is 0 Å². The van der Waals surface area contributed by atoms with Crippen molar-refractivity contribution < 1.29 is 9.47 Å². The molecule has 0 radical (unpaired) electrons. The van der Waals surface area contributed by atoms with E-state index >= 15 is 0 Å². The summed E-state index contributed by atoms with van der Waals surface area (Å²) in [6, 6.07) is 22.1. The van der Waals surface area contributed by atoms with Gasteiger partial charge in [-0.05, 0) is 36.8 Å². The van der Waals surface area contributed by atoms with Gasteiger partial charge in [0.05, 0.1) is 7.11 Å². The maximum Gasteiger partial charge on any atom is 0.124 e. The van der Waals surface area contributed by atoms with E-state index in [9.17, 15) is 0 Å². The van der Waals surface area contributed by atoms with E-state index in [1.54, 1.807) is 7.11 Å². The van der Waals surface area contributed by atoms with Gasteiger partial charge in [-0.1, -0.05) is 59.6 Å². The van der Waals surface area contributed by atoms with Gasteiger partial charge in [0.25, 0.3) is 0 Å². The fourth-order valence-electron chi connectivity index (χ4n) is 2.85. The van der Waals surface area contributed by atoms with E-state index in [0.717, 1.165) is 28.2 Å². The third-order valence-electron chi connectivity index (χ3n) is 4.36. The van der Waals surface area contributed by atoms with E-state index in [0.29, 0.717) is 24.7 Å². The van der Waals surface area contributed by atoms with Gasteiger partial charge in [0.1, 0.15) is 18.1 Å². The molecule has 0 aliphatic rings. The van der Waals surface area contributed by atoms with Crippen molar-refractivity contribution in [2.45, 2.75) is 26.6 Å². The second-order valence-electron chi connectivity index (χ2n) is 6.44. The molecule has 4 heteroatoms. The number of hydrogen-bond donors (Lipinski definition) is 1. The number of rotatable bonds is 8. The summed E-state index contributed by atoms with van der Waals surface area (Å²) in [6.45, 7) is 3.96. The summed E-state index contributed by atoms with van der Waals surface area (Å²) in [5.74, 6) is 1.72. The van der Waals surface area contributed by atoms with Crippen LogP contribution in [-0.4, -0.2) is 7.11 Å². The highest BCUT2D eigenvalue weighted by Gasteiger charge is 2.07. The van der Waals surface area contributed by atoms with Crippen molar-refractivity contribution in [3.8, 4) is 11.5 Å². The third-order valence-corrected chi connectivity index (χ3v) is 4.60. The largest absolute Gasteiger partial charge is 0.496 e. The minimum atomic E-state index is 0.529. The first-order valence-corrected chi connectivity index (χ1v) is 9.33. The molecule has 3 aromatic rings. The molecule has 0 saturated carbocycles. The molecule has 3 aromatic carbocycles. The number of para-hydroxylation sites is 1. The molecular weight excluding hydrogens is 358 g/mol. The fraction of sp³-hybridized carbons (Fsp3) is 0.217. The predicted molar refractivity (Wildman–Crippen MR) is 111 cm³/mol. The van der Waals surface area contributed by atoms with Gasteiger partial charge in [-0.15, -0.1) is 0 Å². The van der Waals surface area contributed by atoms with Crippen LogP contribution in [0, 0.1) is 6.92 Å². The number of aryl methyl sites for hydroxylation is 1. The van der Waals surface area contributed by atoms with Gasteiger partial charge in [-0.2, -0.15) is 0 Å². The number of halogens is 1. The number of hydrogen-bond acceptors (Lipinski definition) is 3. The molecule has 3 nitrogen and oxygen atoms in total. The normalized spacial score (nSPS) is 10.6. The van der Waals surface area contributed by atoms with Crippen molar-refractivity contribution in [2.75, 3.05) is 7.11 Å². The zero-order valence-electron chi connectivity index (χ0n) is 15.7. The van der Waals surface area contributed by atoms with E-state index in [4.69, 9.17) is 21.1 Å². The molecule has 0 fully saturated rings. The molecule has 0 heterocycles. The highest BCUT2D eigenvalue weighted by molar-refractivity contribution is 6.30. The average Bonchev–Trinajstić information content (AvgIpc) is 2.69. The topological polar surface area (TPSA) is 30.5 Å². The Kier molecular flexibility index (Phi) is 6.74. The summed E-state index contributed by atoms with van der Waals surface area (Å²) in [5, 5.41) is 4.15. The molecule has 1 N–H and O–H groups in total. The van der Waals surface area contributed by atoms with Crippen LogP contribution in [-0.2, 0) is 19.7 Å². The van der Waals surface area contributed by atoms with Crippen molar-refractivity contribution in [1.29, 1.82) is 0 Å². The van der Waals surface area contributed by atoms with Crippen LogP contribution in [0.4, 0.5) is 0 Å². The second-order valence-corrected chi connectivity index (χ2v) is 6.88. The molecule has 0 atom stereocenters. The fourth-order valence-corrected chi connectivity index (χ4v) is 3.05. The predicted octanol–water partition coefficient (Wildman–Crippen LogP) is 5.53. The molecule has 0 amide bonds. The van der Waals surface area contributed by atoms with Crippen LogP contribution in [0.15, 0.2) is 66.7 Å². The molecular formula is C23H24ClNO2. The van der Waals surface area contributed by atoms with Crippen LogP contribution in [0.5, 0.6) is 11.5 Å². The Labute approximate surface area is 165 Å². The quantitative estimate of drug-likeness (QED) is 0.556. The van der Waals surface area contributed by atoms with E-state index in [-0.39, 0.29) is 0 Å². The first kappa shape index (κ1) is 19.3. The second kappa shape index (κ2) is 9.45. The summed E-state index contributed by atoms with van der Waals surface area (Å²) in [6.07, 6.45) is 0. The Bertz CT molecular complexity index is 878. The smallest absolute Gasteiger partial charge is 0.124 e. The number of benzene rings is 3. The Balaban J connectivity index is 1.64. The Morgan fingerprint density at radius 3 is 2.37 bits per heavy atom. The molecule has 0 spiro atoms. The van der Waals surface area contributed by atoms with Gasteiger partial charge in [0.15, 0.2) is 0 Å². The highest BCUT2D eigenvalue weighted by Crippen LogP contribution is 2.24. The van der Waals surface area contributed by atoms with E-state index in [1.807, 2.05) is 36.4 Å². The van der Waals surface area contributed by atoms with Crippen molar-refractivity contribution >= 4 is 11.6 Å². The molecule has 0 saturated heterocycles. The summed E-state index contributed by atoms with van der Waals surface area (Å²) < 4.78 is 11.4. The maximum absolute atomic E-state index is 6.19. The molecule has 0 aromatic heterocycles. The monoisotopic (exact) mass is 381 g/mol. The zero-order valence-corrected chi connectivity index (χ0v) is 16.4. The average molecular weight is 382 g/mol. The van der Waals surface area contributed by atoms with Crippen molar-refractivity contribution in [3.63, 3.8) is 0 Å². The summed E-state index contributed by atoms with van der Waals surface area (Å²) in [5.41, 5.74) is 4.53. The van der Waals surface area contributed by atoms with Crippen molar-refractivity contribution in [2.24, 2.45) is 0 Å². The lowest BCUT2D eigenvalue weighted by Crippen LogP contribution is -2.14. The molecule has 27 heavy (non-hydrogen) atoms. The van der Waals surface area contributed by atoms with Crippen molar-refractivity contribution in [1.82, 2.24) is 5.32 Å². The van der Waals surface area contributed by atoms with Gasteiger partial charge in [0.2, 0.25) is 0 Å². The van der Waals surface area contributed by atoms with Crippen LogP contribution >= 0.6 is 11.6 Å². The van der Waals surface area contributed by atoms with Gasteiger partial charge in [-0.3, -0.25) is 0 Å². The van der Waals surface area contributed by atoms with E-state index < -0.39 is 0 Å². The SMILES string of the molecule is COc1ccccc1CNCc1cc(Cl)ccc1OCc1ccc(C)cc1. The third kappa shape index (κ3) is 5.49. The van der Waals surface area contributed by atoms with Crippen LogP contribution in [0.25, 0.3) is 0 Å². The Hall–Kier alpha value is -2.49. The van der Waals surface area contributed by atoms with Gasteiger partial charge < -0.3 is 14.8 Å². The van der Waals surface area contributed by atoms with Crippen molar-refractivity contribution in [3.05, 3.63) is 94.0 Å². The first-order valence-electron chi connectivity index (χ1n) is 8.95. The van der Waals surface area contributed by atoms with E-state index in [1.165, 1.54) is 5.56 Å². The van der Waals surface area contributed by atoms with Crippen LogP contribution in [0.2, 0.25) is 5.02 Å². The Morgan fingerprint density at radius 2 is 1.59 bits per heavy atom. The minimum absolute atomic E-state index is 0.529. The van der Waals surface area contributed by atoms with Gasteiger partial charge in [0, 0.05) is 29.2 Å². The molecule has 0 bridgehead atoms. The summed E-state index contributed by atoms with van der Waals surface area (Å²) >= 11 is 6.19. The number of methoxy groups -OCH3 is 1. The first-order chi connectivity index (χ1) is 13.2. The molecule has 140 valence electrons. The lowest BCUT2D eigenvalue weighted by molar-refractivity contribution is 0.302. The van der Waals surface area contributed by atoms with Crippen LogP contribution in [0.1, 0.15) is 22.3 Å². The lowest BCUT2D eigenvalue weighted by atomic mass is 10.1. The zero-order chi connectivity index (χ0) is 19.1. The van der Waals surface area contributed by atoms with Crippen LogP contribution in [0.3, 0.4) is 0 Å². The lowest BCUT2D eigenvalue weighted by Gasteiger charge is -2.14. The standard InChI is InChI=1S/C23H24ClNO2/c1-17-7-9-18(10-8-17)16-27-23-12-11-21(24)13-20(23)15-25-14-19-5-3-4-6-22(19)26-2/h3-13,25H,14-16H2,1-2H3. The van der Waals surface area contributed by atoms with Gasteiger partial charge in [-0.25, -0.2) is 0 Å². The molecule has 0 aliphatic carbocycles. The molecule has 0 unspecified atom stereocenters. The number of ether oxygens (including phenoxy) is 2. The maximum atomic E-state index is 6.19. The highest BCUT2D eigenvalue weighted by atomic mass is 35.5. The van der Waals surface area contributed by atoms with Crippen LogP contribution < -0.4 is 14.8 Å². The molecule has 0 aliphatic heterocycles. The molecule has 3 rings (SSSR count). The van der Waals surface area contributed by atoms with E-state index in [2.05, 4.69) is 42.6 Å². The number of nitrogens with one attached hydrogen (secondary N) is 1. The minimum Gasteiger partial charge on any atom is -0.496 e. The summed E-state index contributed by atoms with van der Waals surface area (Å²) in [4.78, 5) is 0.